The number of aromatic nitrogens is 4. The highest BCUT2D eigenvalue weighted by Gasteiger charge is 2.40. The van der Waals surface area contributed by atoms with E-state index < -0.39 is 0 Å². The molecule has 4 rings (SSSR count). The lowest BCUT2D eigenvalue weighted by Gasteiger charge is -2.26. The van der Waals surface area contributed by atoms with E-state index in [1.807, 2.05) is 30.5 Å². The zero-order valence-electron chi connectivity index (χ0n) is 13.0. The van der Waals surface area contributed by atoms with Crippen molar-refractivity contribution in [2.75, 3.05) is 11.4 Å². The lowest BCUT2D eigenvalue weighted by molar-refractivity contribution is 0.0896. The van der Waals surface area contributed by atoms with Crippen molar-refractivity contribution in [2.45, 2.75) is 45.3 Å². The molecule has 1 aliphatic carbocycles. The van der Waals surface area contributed by atoms with Gasteiger partial charge >= 0.3 is 0 Å². The van der Waals surface area contributed by atoms with E-state index in [0.717, 1.165) is 48.8 Å². The van der Waals surface area contributed by atoms with Gasteiger partial charge in [0, 0.05) is 24.2 Å². The number of rotatable bonds is 2. The fraction of sp³-hybridized carbons (Fsp3) is 0.562. The summed E-state index contributed by atoms with van der Waals surface area (Å²) in [4.78, 5) is 6.61. The maximum atomic E-state index is 10.0. The summed E-state index contributed by atoms with van der Waals surface area (Å²) in [6, 6.07) is 4.53. The second-order valence-corrected chi connectivity index (χ2v) is 6.48. The van der Waals surface area contributed by atoms with Crippen LogP contribution in [0.2, 0.25) is 0 Å². The average Bonchev–Trinajstić information content (AvgIpc) is 3.06. The number of anilines is 1. The lowest BCUT2D eigenvalue weighted by Crippen LogP contribution is -2.30. The highest BCUT2D eigenvalue weighted by atomic mass is 16.3. The van der Waals surface area contributed by atoms with Crippen LogP contribution in [-0.4, -0.2) is 43.5 Å². The van der Waals surface area contributed by atoms with Gasteiger partial charge in [0.2, 0.25) is 0 Å². The van der Waals surface area contributed by atoms with Gasteiger partial charge in [0.1, 0.15) is 6.33 Å². The van der Waals surface area contributed by atoms with Gasteiger partial charge in [-0.05, 0) is 45.2 Å². The molecule has 2 aliphatic rings. The van der Waals surface area contributed by atoms with Crippen LogP contribution < -0.4 is 4.90 Å². The molecule has 2 aromatic rings. The van der Waals surface area contributed by atoms with Crippen LogP contribution in [0, 0.1) is 19.8 Å². The summed E-state index contributed by atoms with van der Waals surface area (Å²) < 4.78 is 1.96. The quantitative estimate of drug-likeness (QED) is 0.913. The molecule has 22 heavy (non-hydrogen) atoms. The minimum absolute atomic E-state index is 0.148. The van der Waals surface area contributed by atoms with Gasteiger partial charge in [-0.25, -0.2) is 4.98 Å². The monoisotopic (exact) mass is 299 g/mol. The Morgan fingerprint density at radius 3 is 2.55 bits per heavy atom. The van der Waals surface area contributed by atoms with E-state index in [9.17, 15) is 5.11 Å². The summed E-state index contributed by atoms with van der Waals surface area (Å²) in [5.41, 5.74) is 2.09. The Morgan fingerprint density at radius 1 is 1.14 bits per heavy atom. The molecule has 2 fully saturated rings. The molecule has 1 saturated heterocycles. The first-order chi connectivity index (χ1) is 10.6. The van der Waals surface area contributed by atoms with Crippen LogP contribution in [0.3, 0.4) is 0 Å². The molecule has 1 saturated carbocycles. The molecule has 0 spiro atoms. The number of fused-ring (bicyclic) bond motifs is 2. The Kier molecular flexibility index (Phi) is 3.14. The molecule has 3 unspecified atom stereocenters. The zero-order valence-corrected chi connectivity index (χ0v) is 13.0. The highest BCUT2D eigenvalue weighted by Crippen LogP contribution is 2.37. The molecule has 6 heteroatoms. The van der Waals surface area contributed by atoms with E-state index in [2.05, 4.69) is 20.1 Å². The van der Waals surface area contributed by atoms with Crippen molar-refractivity contribution >= 4 is 5.82 Å². The molecule has 0 radical (unpaired) electrons. The van der Waals surface area contributed by atoms with Gasteiger partial charge < -0.3 is 10.0 Å². The summed E-state index contributed by atoms with van der Waals surface area (Å²) in [5, 5.41) is 18.8. The van der Waals surface area contributed by atoms with Crippen LogP contribution >= 0.6 is 0 Å². The van der Waals surface area contributed by atoms with Gasteiger partial charge in [0.05, 0.1) is 11.8 Å². The number of nitrogens with zero attached hydrogens (tertiary/aromatic N) is 5. The Morgan fingerprint density at radius 2 is 1.91 bits per heavy atom. The van der Waals surface area contributed by atoms with Gasteiger partial charge in [-0.1, -0.05) is 0 Å². The summed E-state index contributed by atoms with van der Waals surface area (Å²) >= 11 is 0. The van der Waals surface area contributed by atoms with Crippen molar-refractivity contribution in [1.82, 2.24) is 19.7 Å². The molecular formula is C16H21N5O. The highest BCUT2D eigenvalue weighted by molar-refractivity contribution is 5.43. The molecule has 0 amide bonds. The molecule has 6 nitrogen and oxygen atoms in total. The Hall–Kier alpha value is -1.95. The number of aliphatic hydroxyl groups excluding tert-OH is 1. The van der Waals surface area contributed by atoms with Crippen molar-refractivity contribution < 1.29 is 5.11 Å². The van der Waals surface area contributed by atoms with Crippen LogP contribution in [0.1, 0.15) is 30.7 Å². The van der Waals surface area contributed by atoms with Crippen molar-refractivity contribution in [2.24, 2.45) is 5.92 Å². The van der Waals surface area contributed by atoms with Crippen LogP contribution in [0.15, 0.2) is 18.5 Å². The predicted octanol–water partition coefficient (Wildman–Crippen LogP) is 1.63. The normalized spacial score (nSPS) is 27.4. The van der Waals surface area contributed by atoms with Crippen molar-refractivity contribution in [3.05, 3.63) is 29.8 Å². The second-order valence-electron chi connectivity index (χ2n) is 6.48. The maximum Gasteiger partial charge on any atom is 0.160 e. The third kappa shape index (κ3) is 2.09. The zero-order chi connectivity index (χ0) is 15.3. The SMILES string of the molecule is Cc1ncn(-c2ccc(N3CC4CC3CCC4O)nn2)c1C. The average molecular weight is 299 g/mol. The van der Waals surface area contributed by atoms with E-state index in [4.69, 9.17) is 0 Å². The molecule has 116 valence electrons. The number of hydrogen-bond acceptors (Lipinski definition) is 5. The Bertz CT molecular complexity index is 680. The standard InChI is InChI=1S/C16H21N5O/c1-10-11(2)21(9-17-10)16-6-5-15(18-19-16)20-8-12-7-13(20)3-4-14(12)22/h5-6,9,12-14,22H,3-4,7-8H2,1-2H3. The van der Waals surface area contributed by atoms with Crippen molar-refractivity contribution in [3.63, 3.8) is 0 Å². The topological polar surface area (TPSA) is 67.1 Å². The van der Waals surface area contributed by atoms with Crippen molar-refractivity contribution in [3.8, 4) is 5.82 Å². The van der Waals surface area contributed by atoms with Gasteiger partial charge in [-0.15, -0.1) is 10.2 Å². The van der Waals surface area contributed by atoms with Gasteiger partial charge in [0.25, 0.3) is 0 Å². The molecule has 0 aromatic carbocycles. The van der Waals surface area contributed by atoms with Crippen molar-refractivity contribution in [1.29, 1.82) is 0 Å². The molecule has 1 N–H and O–H groups in total. The summed E-state index contributed by atoms with van der Waals surface area (Å²) in [6.45, 7) is 4.91. The predicted molar refractivity (Wildman–Crippen MR) is 83.1 cm³/mol. The number of imidazole rings is 1. The van der Waals surface area contributed by atoms with E-state index in [1.165, 1.54) is 0 Å². The summed E-state index contributed by atoms with van der Waals surface area (Å²) in [6.07, 6.45) is 4.66. The largest absolute Gasteiger partial charge is 0.393 e. The molecule has 3 heterocycles. The van der Waals surface area contributed by atoms with E-state index >= 15 is 0 Å². The molecule has 2 bridgehead atoms. The van der Waals surface area contributed by atoms with Crippen LogP contribution in [0.4, 0.5) is 5.82 Å². The molecule has 3 atom stereocenters. The number of aliphatic hydroxyl groups is 1. The van der Waals surface area contributed by atoms with Gasteiger partial charge in [-0.3, -0.25) is 4.57 Å². The first kappa shape index (κ1) is 13.7. The van der Waals surface area contributed by atoms with Crippen LogP contribution in [0.25, 0.3) is 5.82 Å². The Labute approximate surface area is 129 Å². The number of hydrogen-bond donors (Lipinski definition) is 1. The lowest BCUT2D eigenvalue weighted by atomic mass is 9.88. The summed E-state index contributed by atoms with van der Waals surface area (Å²) in [7, 11) is 0. The minimum atomic E-state index is -0.148. The fourth-order valence-electron chi connectivity index (χ4n) is 3.71. The van der Waals surface area contributed by atoms with Gasteiger partial charge in [-0.2, -0.15) is 0 Å². The van der Waals surface area contributed by atoms with Crippen LogP contribution in [-0.2, 0) is 0 Å². The fourth-order valence-corrected chi connectivity index (χ4v) is 3.71. The van der Waals surface area contributed by atoms with E-state index in [1.54, 1.807) is 6.33 Å². The molecular weight excluding hydrogens is 278 g/mol. The van der Waals surface area contributed by atoms with E-state index in [0.29, 0.717) is 12.0 Å². The first-order valence-corrected chi connectivity index (χ1v) is 7.93. The smallest absolute Gasteiger partial charge is 0.160 e. The Balaban J connectivity index is 1.59. The van der Waals surface area contributed by atoms with Gasteiger partial charge in [0.15, 0.2) is 11.6 Å². The minimum Gasteiger partial charge on any atom is -0.393 e. The van der Waals surface area contributed by atoms with Crippen LogP contribution in [0.5, 0.6) is 0 Å². The molecule has 2 aromatic heterocycles. The number of aryl methyl sites for hydroxylation is 1. The summed E-state index contributed by atoms with van der Waals surface area (Å²) in [5.74, 6) is 2.10. The second kappa shape index (κ2) is 5.05. The maximum absolute atomic E-state index is 10.0. The third-order valence-corrected chi connectivity index (χ3v) is 5.22. The molecule has 1 aliphatic heterocycles. The van der Waals surface area contributed by atoms with E-state index in [-0.39, 0.29) is 6.10 Å². The first-order valence-electron chi connectivity index (χ1n) is 7.93. The third-order valence-electron chi connectivity index (χ3n) is 5.22.